The lowest BCUT2D eigenvalue weighted by atomic mass is 10.1. The predicted octanol–water partition coefficient (Wildman–Crippen LogP) is 2.50. The molecule has 0 fully saturated rings. The lowest BCUT2D eigenvalue weighted by Gasteiger charge is -2.00. The van der Waals surface area contributed by atoms with Gasteiger partial charge in [0.1, 0.15) is 0 Å². The number of hydrogen-bond donors (Lipinski definition) is 0. The number of rotatable bonds is 1. The molecule has 0 radical (unpaired) electrons. The van der Waals surface area contributed by atoms with Gasteiger partial charge in [0, 0.05) is 17.6 Å². The molecule has 0 unspecified atom stereocenters. The summed E-state index contributed by atoms with van der Waals surface area (Å²) in [7, 11) is 0. The second-order valence-electron chi connectivity index (χ2n) is 2.89. The van der Waals surface area contributed by atoms with Crippen molar-refractivity contribution in [3.05, 3.63) is 35.5 Å². The number of aryl methyl sites for hydroxylation is 1. The predicted molar refractivity (Wildman–Crippen MR) is 55.1 cm³/mol. The van der Waals surface area contributed by atoms with Crippen LogP contribution < -0.4 is 0 Å². The first-order valence-corrected chi connectivity index (χ1v) is 4.34. The van der Waals surface area contributed by atoms with E-state index in [1.807, 2.05) is 12.3 Å². The SMILES string of the molecule is CCc1ccc2c(c1)C=NC=C=N2. The second kappa shape index (κ2) is 3.38. The summed E-state index contributed by atoms with van der Waals surface area (Å²) in [5.74, 6) is 2.74. The molecule has 0 amide bonds. The molecular weight excluding hydrogens is 160 g/mol. The van der Waals surface area contributed by atoms with E-state index in [-0.39, 0.29) is 0 Å². The monoisotopic (exact) mass is 170 g/mol. The fourth-order valence-corrected chi connectivity index (χ4v) is 1.28. The zero-order valence-corrected chi connectivity index (χ0v) is 7.49. The lowest BCUT2D eigenvalue weighted by Crippen LogP contribution is -1.85. The minimum Gasteiger partial charge on any atom is -0.254 e. The van der Waals surface area contributed by atoms with Crippen LogP contribution in [0.3, 0.4) is 0 Å². The van der Waals surface area contributed by atoms with Crippen LogP contribution in [0.2, 0.25) is 0 Å². The van der Waals surface area contributed by atoms with Crippen LogP contribution in [0, 0.1) is 0 Å². The maximum atomic E-state index is 4.13. The molecule has 1 heterocycles. The van der Waals surface area contributed by atoms with Gasteiger partial charge < -0.3 is 0 Å². The van der Waals surface area contributed by atoms with Crippen LogP contribution in [-0.4, -0.2) is 12.1 Å². The van der Waals surface area contributed by atoms with Crippen molar-refractivity contribution in [2.45, 2.75) is 13.3 Å². The minimum atomic E-state index is 0.940. The molecule has 1 aromatic carbocycles. The van der Waals surface area contributed by atoms with E-state index < -0.39 is 0 Å². The average Bonchev–Trinajstić information content (AvgIpc) is 2.41. The molecule has 2 heteroatoms. The van der Waals surface area contributed by atoms with E-state index >= 15 is 0 Å². The fraction of sp³-hybridized carbons (Fsp3) is 0.182. The van der Waals surface area contributed by atoms with Crippen LogP contribution in [0.5, 0.6) is 0 Å². The first-order valence-electron chi connectivity index (χ1n) is 4.34. The highest BCUT2D eigenvalue weighted by atomic mass is 14.8. The second-order valence-corrected chi connectivity index (χ2v) is 2.89. The van der Waals surface area contributed by atoms with Crippen molar-refractivity contribution in [1.82, 2.24) is 0 Å². The molecule has 0 saturated heterocycles. The van der Waals surface area contributed by atoms with Crippen molar-refractivity contribution in [1.29, 1.82) is 0 Å². The summed E-state index contributed by atoms with van der Waals surface area (Å²) in [6.07, 6.45) is 4.43. The highest BCUT2D eigenvalue weighted by molar-refractivity contribution is 5.89. The van der Waals surface area contributed by atoms with E-state index in [1.54, 1.807) is 6.20 Å². The zero-order valence-electron chi connectivity index (χ0n) is 7.49. The Morgan fingerprint density at radius 1 is 1.38 bits per heavy atom. The Bertz CT molecular complexity index is 410. The first kappa shape index (κ1) is 7.96. The van der Waals surface area contributed by atoms with Gasteiger partial charge in [0.2, 0.25) is 0 Å². The fourth-order valence-electron chi connectivity index (χ4n) is 1.28. The Balaban J connectivity index is 2.55. The van der Waals surface area contributed by atoms with Gasteiger partial charge in [-0.1, -0.05) is 13.0 Å². The van der Waals surface area contributed by atoms with Gasteiger partial charge in [-0.3, -0.25) is 4.99 Å². The molecule has 0 bridgehead atoms. The number of hydrogen-bond acceptors (Lipinski definition) is 2. The Kier molecular flexibility index (Phi) is 2.07. The highest BCUT2D eigenvalue weighted by Crippen LogP contribution is 2.19. The van der Waals surface area contributed by atoms with Crippen LogP contribution in [-0.2, 0) is 6.42 Å². The average molecular weight is 170 g/mol. The standard InChI is InChI=1S/C11H10N2/c1-2-9-3-4-11-10(7-9)8-12-5-6-13-11/h3-5,7-8H,2H2,1H3. The van der Waals surface area contributed by atoms with Gasteiger partial charge in [0.25, 0.3) is 0 Å². The summed E-state index contributed by atoms with van der Waals surface area (Å²) >= 11 is 0. The molecule has 0 aliphatic carbocycles. The summed E-state index contributed by atoms with van der Waals surface area (Å²) in [5.41, 5.74) is 3.32. The van der Waals surface area contributed by atoms with Gasteiger partial charge in [-0.05, 0) is 24.1 Å². The maximum absolute atomic E-state index is 4.13. The van der Waals surface area contributed by atoms with E-state index in [2.05, 4.69) is 34.9 Å². The quantitative estimate of drug-likeness (QED) is 0.618. The summed E-state index contributed by atoms with van der Waals surface area (Å²) < 4.78 is 0. The topological polar surface area (TPSA) is 24.7 Å². The van der Waals surface area contributed by atoms with E-state index in [0.29, 0.717) is 0 Å². The van der Waals surface area contributed by atoms with Crippen molar-refractivity contribution in [3.63, 3.8) is 0 Å². The largest absolute Gasteiger partial charge is 0.254 e. The molecule has 2 rings (SSSR count). The van der Waals surface area contributed by atoms with Crippen LogP contribution in [0.25, 0.3) is 0 Å². The van der Waals surface area contributed by atoms with E-state index in [1.165, 1.54) is 5.56 Å². The van der Waals surface area contributed by atoms with Crippen molar-refractivity contribution >= 4 is 17.8 Å². The van der Waals surface area contributed by atoms with Gasteiger partial charge in [0.15, 0.2) is 0 Å². The Morgan fingerprint density at radius 3 is 3.15 bits per heavy atom. The highest BCUT2D eigenvalue weighted by Gasteiger charge is 2.00. The van der Waals surface area contributed by atoms with E-state index in [0.717, 1.165) is 17.7 Å². The van der Waals surface area contributed by atoms with Crippen LogP contribution in [0.15, 0.2) is 34.4 Å². The van der Waals surface area contributed by atoms with Crippen molar-refractivity contribution in [2.75, 3.05) is 0 Å². The first-order chi connectivity index (χ1) is 6.40. The molecule has 13 heavy (non-hydrogen) atoms. The lowest BCUT2D eigenvalue weighted by molar-refractivity contribution is 1.14. The van der Waals surface area contributed by atoms with Crippen molar-refractivity contribution in [2.24, 2.45) is 9.98 Å². The van der Waals surface area contributed by atoms with Crippen LogP contribution >= 0.6 is 0 Å². The van der Waals surface area contributed by atoms with Gasteiger partial charge in [0.05, 0.1) is 11.9 Å². The maximum Gasteiger partial charge on any atom is 0.0882 e. The third-order valence-corrected chi connectivity index (χ3v) is 2.03. The van der Waals surface area contributed by atoms with Crippen LogP contribution in [0.4, 0.5) is 5.69 Å². The molecule has 0 saturated carbocycles. The van der Waals surface area contributed by atoms with E-state index in [4.69, 9.17) is 0 Å². The van der Waals surface area contributed by atoms with E-state index in [9.17, 15) is 0 Å². The molecule has 2 nitrogen and oxygen atoms in total. The third kappa shape index (κ3) is 1.58. The minimum absolute atomic E-state index is 0.940. The smallest absolute Gasteiger partial charge is 0.0882 e. The normalized spacial score (nSPS) is 12.7. The van der Waals surface area contributed by atoms with Crippen molar-refractivity contribution < 1.29 is 0 Å². The van der Waals surface area contributed by atoms with Crippen LogP contribution in [0.1, 0.15) is 18.1 Å². The number of fused-ring (bicyclic) bond motifs is 1. The molecule has 64 valence electrons. The summed E-state index contributed by atoms with van der Waals surface area (Å²) in [5, 5.41) is 0. The molecule has 0 N–H and O–H groups in total. The molecule has 1 aliphatic heterocycles. The Labute approximate surface area is 77.4 Å². The summed E-state index contributed by atoms with van der Waals surface area (Å²) in [4.78, 5) is 8.16. The van der Waals surface area contributed by atoms with Gasteiger partial charge in [-0.25, -0.2) is 4.99 Å². The van der Waals surface area contributed by atoms with Crippen molar-refractivity contribution in [3.8, 4) is 0 Å². The molecular formula is C11H10N2. The van der Waals surface area contributed by atoms with Gasteiger partial charge in [-0.2, -0.15) is 0 Å². The third-order valence-electron chi connectivity index (χ3n) is 2.03. The molecule has 0 aromatic heterocycles. The molecule has 1 aliphatic rings. The summed E-state index contributed by atoms with van der Waals surface area (Å²) in [6.45, 7) is 2.14. The van der Waals surface area contributed by atoms with Gasteiger partial charge >= 0.3 is 0 Å². The van der Waals surface area contributed by atoms with Gasteiger partial charge in [-0.15, -0.1) is 0 Å². The summed E-state index contributed by atoms with van der Waals surface area (Å²) in [6, 6.07) is 6.21. The molecule has 0 spiro atoms. The zero-order chi connectivity index (χ0) is 9.10. The number of aliphatic imine (C=N–C) groups is 2. The Morgan fingerprint density at radius 2 is 2.31 bits per heavy atom. The Hall–Kier alpha value is -1.66. The molecule has 1 aromatic rings. The number of benzene rings is 1. The molecule has 0 atom stereocenters. The number of nitrogens with zero attached hydrogens (tertiary/aromatic N) is 2.